The maximum Gasteiger partial charge on any atom is 0.332 e. The van der Waals surface area contributed by atoms with Gasteiger partial charge in [0.05, 0.1) is 13.2 Å². The second kappa shape index (κ2) is 7.34. The van der Waals surface area contributed by atoms with Crippen molar-refractivity contribution in [3.8, 4) is 0 Å². The lowest BCUT2D eigenvalue weighted by molar-refractivity contribution is -0.137. The Balaban J connectivity index is 3.82. The number of carbonyl (C=O) groups excluding carboxylic acids is 1. The van der Waals surface area contributed by atoms with Crippen LogP contribution < -0.4 is 5.73 Å². The molecule has 0 aliphatic rings. The average Bonchev–Trinajstić information content (AvgIpc) is 2.14. The lowest BCUT2D eigenvalue weighted by Gasteiger charge is -2.10. The molecule has 1 atom stereocenters. The molecule has 0 saturated heterocycles. The number of hydrogen-bond donors (Lipinski definition) is 1. The fourth-order valence-corrected chi connectivity index (χ4v) is 0.659. The zero-order valence-corrected chi connectivity index (χ0v) is 8.78. The smallest absolute Gasteiger partial charge is 0.332 e. The van der Waals surface area contributed by atoms with E-state index in [1.165, 1.54) is 13.2 Å². The second-order valence-electron chi connectivity index (χ2n) is 2.59. The van der Waals surface area contributed by atoms with E-state index in [-0.39, 0.29) is 12.9 Å². The highest BCUT2D eigenvalue weighted by Gasteiger charge is 2.02. The monoisotopic (exact) mass is 203 g/mol. The summed E-state index contributed by atoms with van der Waals surface area (Å²) >= 11 is 0. The second-order valence-corrected chi connectivity index (χ2v) is 2.59. The minimum Gasteiger partial charge on any atom is -0.463 e. The molecule has 0 aromatic heterocycles. The number of hydrogen-bond acceptors (Lipinski definition) is 5. The number of ether oxygens (including phenoxy) is 3. The van der Waals surface area contributed by atoms with Gasteiger partial charge in [0.1, 0.15) is 0 Å². The van der Waals surface area contributed by atoms with Gasteiger partial charge in [0.25, 0.3) is 0 Å². The molecule has 82 valence electrons. The van der Waals surface area contributed by atoms with Gasteiger partial charge in [-0.05, 0) is 13.8 Å². The highest BCUT2D eigenvalue weighted by Crippen LogP contribution is 1.94. The van der Waals surface area contributed by atoms with Crippen LogP contribution in [0.4, 0.5) is 0 Å². The Labute approximate surface area is 83.8 Å². The minimum atomic E-state index is -0.460. The zero-order valence-electron chi connectivity index (χ0n) is 8.78. The third kappa shape index (κ3) is 6.45. The van der Waals surface area contributed by atoms with Gasteiger partial charge in [-0.25, -0.2) is 4.79 Å². The van der Waals surface area contributed by atoms with Crippen LogP contribution >= 0.6 is 0 Å². The maximum atomic E-state index is 10.9. The fourth-order valence-electron chi connectivity index (χ4n) is 0.659. The first kappa shape index (κ1) is 12.9. The molecule has 2 N–H and O–H groups in total. The Morgan fingerprint density at radius 2 is 2.21 bits per heavy atom. The minimum absolute atomic E-state index is 0.147. The van der Waals surface area contributed by atoms with Gasteiger partial charge in [-0.3, -0.25) is 0 Å². The van der Waals surface area contributed by atoms with Crippen molar-refractivity contribution < 1.29 is 19.0 Å². The number of rotatable bonds is 6. The summed E-state index contributed by atoms with van der Waals surface area (Å²) in [6, 6.07) is 0. The number of nitrogens with two attached hydrogens (primary N) is 1. The first-order valence-electron chi connectivity index (χ1n) is 4.37. The molecule has 5 nitrogen and oxygen atoms in total. The Morgan fingerprint density at radius 1 is 1.57 bits per heavy atom. The third-order valence-corrected chi connectivity index (χ3v) is 1.41. The van der Waals surface area contributed by atoms with Gasteiger partial charge >= 0.3 is 5.97 Å². The van der Waals surface area contributed by atoms with E-state index < -0.39 is 5.97 Å². The van der Waals surface area contributed by atoms with Crippen LogP contribution in [-0.2, 0) is 19.0 Å². The van der Waals surface area contributed by atoms with Crippen LogP contribution in [0.3, 0.4) is 0 Å². The van der Waals surface area contributed by atoms with E-state index in [2.05, 4.69) is 4.74 Å². The highest BCUT2D eigenvalue weighted by molar-refractivity contribution is 5.82. The van der Waals surface area contributed by atoms with E-state index >= 15 is 0 Å². The molecule has 14 heavy (non-hydrogen) atoms. The zero-order chi connectivity index (χ0) is 11.0. The van der Waals surface area contributed by atoms with Gasteiger partial charge in [-0.15, -0.1) is 0 Å². The van der Waals surface area contributed by atoms with E-state index in [9.17, 15) is 4.79 Å². The van der Waals surface area contributed by atoms with Crippen LogP contribution in [0, 0.1) is 0 Å². The van der Waals surface area contributed by atoms with Gasteiger partial charge in [0.15, 0.2) is 6.29 Å². The van der Waals surface area contributed by atoms with Crippen molar-refractivity contribution in [3.05, 3.63) is 11.8 Å². The molecule has 0 amide bonds. The van der Waals surface area contributed by atoms with Crippen molar-refractivity contribution in [1.82, 2.24) is 0 Å². The van der Waals surface area contributed by atoms with E-state index in [4.69, 9.17) is 15.2 Å². The van der Waals surface area contributed by atoms with Crippen molar-refractivity contribution in [1.29, 1.82) is 0 Å². The van der Waals surface area contributed by atoms with Gasteiger partial charge in [-0.1, -0.05) is 0 Å². The topological polar surface area (TPSA) is 70.8 Å². The summed E-state index contributed by atoms with van der Waals surface area (Å²) in [5, 5.41) is 0. The Bertz CT molecular complexity index is 203. The van der Waals surface area contributed by atoms with E-state index in [1.54, 1.807) is 13.8 Å². The van der Waals surface area contributed by atoms with Crippen LogP contribution in [0.15, 0.2) is 11.8 Å². The number of esters is 1. The molecule has 0 rings (SSSR count). The van der Waals surface area contributed by atoms with Crippen molar-refractivity contribution in [2.24, 2.45) is 5.73 Å². The van der Waals surface area contributed by atoms with Crippen LogP contribution in [0.2, 0.25) is 0 Å². The predicted molar refractivity (Wildman–Crippen MR) is 51.3 cm³/mol. The molecule has 0 radical (unpaired) electrons. The quantitative estimate of drug-likeness (QED) is 0.384. The fraction of sp³-hybridized carbons (Fsp3) is 0.667. The summed E-state index contributed by atoms with van der Waals surface area (Å²) in [5.41, 5.74) is 5.80. The van der Waals surface area contributed by atoms with Gasteiger partial charge in [0.2, 0.25) is 0 Å². The Hall–Kier alpha value is -1.07. The summed E-state index contributed by atoms with van der Waals surface area (Å²) in [6.07, 6.45) is 0.857. The van der Waals surface area contributed by atoms with Crippen LogP contribution in [-0.4, -0.2) is 32.6 Å². The molecule has 0 aliphatic heterocycles. The third-order valence-electron chi connectivity index (χ3n) is 1.41. The summed E-state index contributed by atoms with van der Waals surface area (Å²) < 4.78 is 14.6. The molecule has 0 saturated carbocycles. The highest BCUT2D eigenvalue weighted by atomic mass is 16.7. The van der Waals surface area contributed by atoms with Crippen molar-refractivity contribution in [2.45, 2.75) is 20.1 Å². The first-order valence-corrected chi connectivity index (χ1v) is 4.37. The van der Waals surface area contributed by atoms with Gasteiger partial charge in [-0.2, -0.15) is 0 Å². The summed E-state index contributed by atoms with van der Waals surface area (Å²) in [4.78, 5) is 10.9. The maximum absolute atomic E-state index is 10.9. The summed E-state index contributed by atoms with van der Waals surface area (Å²) in [6.45, 7) is 3.94. The van der Waals surface area contributed by atoms with E-state index in [0.29, 0.717) is 12.3 Å². The van der Waals surface area contributed by atoms with Crippen LogP contribution in [0.5, 0.6) is 0 Å². The molecular weight excluding hydrogens is 186 g/mol. The molecule has 0 bridgehead atoms. The molecule has 0 fully saturated rings. The molecule has 0 heterocycles. The largest absolute Gasteiger partial charge is 0.463 e. The summed E-state index contributed by atoms with van der Waals surface area (Å²) in [5.74, 6) is -0.460. The van der Waals surface area contributed by atoms with Crippen molar-refractivity contribution >= 4 is 5.97 Å². The predicted octanol–water partition coefficient (Wildman–Crippen LogP) is 0.401. The van der Waals surface area contributed by atoms with Crippen LogP contribution in [0.25, 0.3) is 0 Å². The lowest BCUT2D eigenvalue weighted by atomic mass is 10.4. The molecule has 0 aliphatic carbocycles. The Morgan fingerprint density at radius 3 is 2.71 bits per heavy atom. The first-order chi connectivity index (χ1) is 6.60. The van der Waals surface area contributed by atoms with Crippen molar-refractivity contribution in [3.63, 3.8) is 0 Å². The molecule has 0 spiro atoms. The standard InChI is InChI=1S/C9H17NO4/c1-4-13-9(11)5-8(10)6-14-7(2)12-3/h5,7H,4,6,10H2,1-3H3. The van der Waals surface area contributed by atoms with Gasteiger partial charge in [0, 0.05) is 18.9 Å². The lowest BCUT2D eigenvalue weighted by Crippen LogP contribution is -2.17. The summed E-state index contributed by atoms with van der Waals surface area (Å²) in [7, 11) is 1.52. The van der Waals surface area contributed by atoms with Crippen LogP contribution in [0.1, 0.15) is 13.8 Å². The number of carbonyl (C=O) groups is 1. The SMILES string of the molecule is CCOC(=O)C=C(N)COC(C)OC. The molecule has 1 unspecified atom stereocenters. The van der Waals surface area contributed by atoms with Gasteiger partial charge < -0.3 is 19.9 Å². The molecular formula is C9H17NO4. The van der Waals surface area contributed by atoms with E-state index in [1.807, 2.05) is 0 Å². The van der Waals surface area contributed by atoms with E-state index in [0.717, 1.165) is 0 Å². The molecule has 5 heteroatoms. The average molecular weight is 203 g/mol. The number of methoxy groups -OCH3 is 1. The Kier molecular flexibility index (Phi) is 6.78. The molecule has 0 aromatic carbocycles. The van der Waals surface area contributed by atoms with Crippen molar-refractivity contribution in [2.75, 3.05) is 20.3 Å². The normalized spacial score (nSPS) is 13.8. The molecule has 0 aromatic rings.